The molecule has 1 aliphatic heterocycles. The van der Waals surface area contributed by atoms with E-state index in [0.717, 1.165) is 44.3 Å². The Kier molecular flexibility index (Phi) is 14.7. The molecule has 45 heavy (non-hydrogen) atoms. The van der Waals surface area contributed by atoms with Gasteiger partial charge in [-0.2, -0.15) is 0 Å². The van der Waals surface area contributed by atoms with Gasteiger partial charge in [-0.25, -0.2) is 4.79 Å². The van der Waals surface area contributed by atoms with Crippen molar-refractivity contribution < 1.29 is 28.5 Å². The van der Waals surface area contributed by atoms with E-state index < -0.39 is 22.8 Å². The molecule has 3 atom stereocenters. The third-order valence-corrected chi connectivity index (χ3v) is 8.85. The van der Waals surface area contributed by atoms with Crippen molar-refractivity contribution in [1.82, 2.24) is 10.2 Å². The van der Waals surface area contributed by atoms with Gasteiger partial charge in [0, 0.05) is 32.1 Å². The minimum Gasteiger partial charge on any atom is -0.493 e. The Bertz CT molecular complexity index is 1080. The lowest BCUT2D eigenvalue weighted by molar-refractivity contribution is -0.131. The first-order valence-electron chi connectivity index (χ1n) is 17.2. The van der Waals surface area contributed by atoms with E-state index in [1.165, 1.54) is 11.1 Å². The predicted molar refractivity (Wildman–Crippen MR) is 182 cm³/mol. The molecule has 1 unspecified atom stereocenters. The summed E-state index contributed by atoms with van der Waals surface area (Å²) in [7, 11) is 1.71. The van der Waals surface area contributed by atoms with Crippen LogP contribution in [-0.2, 0) is 31.8 Å². The van der Waals surface area contributed by atoms with E-state index in [1.807, 2.05) is 48.5 Å². The van der Waals surface area contributed by atoms with Crippen molar-refractivity contribution in [3.8, 4) is 5.75 Å². The second-order valence-electron chi connectivity index (χ2n) is 15.2. The van der Waals surface area contributed by atoms with Crippen molar-refractivity contribution in [2.45, 2.75) is 145 Å². The predicted octanol–water partition coefficient (Wildman–Crippen LogP) is 7.94. The molecule has 2 rings (SSSR count). The summed E-state index contributed by atoms with van der Waals surface area (Å²) in [5.41, 5.74) is 0.382. The summed E-state index contributed by atoms with van der Waals surface area (Å²) in [5, 5.41) is 3.18. The van der Waals surface area contributed by atoms with Crippen molar-refractivity contribution >= 4 is 12.0 Å². The average Bonchev–Trinajstić information content (AvgIpc) is 3.20. The molecule has 1 aromatic rings. The van der Waals surface area contributed by atoms with Crippen LogP contribution in [-0.4, -0.2) is 67.2 Å². The van der Waals surface area contributed by atoms with E-state index in [1.54, 1.807) is 12.0 Å². The first-order chi connectivity index (χ1) is 21.0. The summed E-state index contributed by atoms with van der Waals surface area (Å²) in [4.78, 5) is 28.8. The fourth-order valence-electron chi connectivity index (χ4n) is 6.08. The molecule has 2 amide bonds. The Morgan fingerprint density at radius 2 is 1.76 bits per heavy atom. The molecule has 1 heterocycles. The normalized spacial score (nSPS) is 19.1. The summed E-state index contributed by atoms with van der Waals surface area (Å²) in [6, 6.07) is 6.28. The largest absolute Gasteiger partial charge is 0.493 e. The lowest BCUT2D eigenvalue weighted by Crippen LogP contribution is -2.52. The number of carbonyl (C=O) groups excluding carboxylic acids is 2. The zero-order valence-electron chi connectivity index (χ0n) is 30.5. The molecule has 1 aromatic carbocycles. The third kappa shape index (κ3) is 11.8. The van der Waals surface area contributed by atoms with Gasteiger partial charge in [0.25, 0.3) is 0 Å². The minimum absolute atomic E-state index is 0.0151. The number of nitrogens with zero attached hydrogens (tertiary/aromatic N) is 1. The molecule has 1 aliphatic rings. The van der Waals surface area contributed by atoms with Crippen molar-refractivity contribution in [2.24, 2.45) is 17.3 Å². The van der Waals surface area contributed by atoms with E-state index >= 15 is 0 Å². The van der Waals surface area contributed by atoms with Crippen molar-refractivity contribution in [3.63, 3.8) is 0 Å². The summed E-state index contributed by atoms with van der Waals surface area (Å²) < 4.78 is 23.9. The Morgan fingerprint density at radius 1 is 1.07 bits per heavy atom. The number of carbonyl (C=O) groups is 2. The van der Waals surface area contributed by atoms with Crippen LogP contribution in [0.1, 0.15) is 119 Å². The molecule has 0 spiro atoms. The van der Waals surface area contributed by atoms with Gasteiger partial charge in [-0.1, -0.05) is 66.5 Å². The maximum atomic E-state index is 13.7. The molecule has 258 valence electrons. The molecule has 0 saturated carbocycles. The molecule has 1 saturated heterocycles. The maximum absolute atomic E-state index is 13.7. The summed E-state index contributed by atoms with van der Waals surface area (Å²) in [5.74, 6) is 1.53. The Hall–Kier alpha value is -2.32. The van der Waals surface area contributed by atoms with E-state index in [9.17, 15) is 9.59 Å². The van der Waals surface area contributed by atoms with Gasteiger partial charge in [0.1, 0.15) is 17.1 Å². The molecule has 1 fully saturated rings. The standard InChI is InChI=1S/C37H64N2O6/c1-13-15-19-36(8,9)33(40)38-25-32-30(39(37(10,11)44-32)34(41)45-35(5,6)7)24-29(26(3)4)22-27-17-18-28(14-2)31(23-27)43-21-16-20-42-12/h17-18,23,26,29-30,32H,13-16,19-22,24-25H2,1-12H3,(H,38,40)/t29?,30-,32-/m0/s1. The van der Waals surface area contributed by atoms with Gasteiger partial charge in [-0.3, -0.25) is 9.69 Å². The second kappa shape index (κ2) is 17.0. The highest BCUT2D eigenvalue weighted by Gasteiger charge is 2.52. The number of unbranched alkanes of at least 4 members (excludes halogenated alkanes) is 1. The van der Waals surface area contributed by atoms with E-state index in [-0.39, 0.29) is 24.0 Å². The van der Waals surface area contributed by atoms with Gasteiger partial charge < -0.3 is 24.3 Å². The number of amides is 2. The summed E-state index contributed by atoms with van der Waals surface area (Å²) in [6.07, 6.45) is 5.38. The van der Waals surface area contributed by atoms with Crippen LogP contribution < -0.4 is 10.1 Å². The zero-order valence-corrected chi connectivity index (χ0v) is 30.5. The number of nitrogens with one attached hydrogen (secondary N) is 1. The van der Waals surface area contributed by atoms with Crippen LogP contribution in [0.25, 0.3) is 0 Å². The highest BCUT2D eigenvalue weighted by molar-refractivity contribution is 5.81. The van der Waals surface area contributed by atoms with Gasteiger partial charge in [0.2, 0.25) is 5.91 Å². The Labute approximate surface area is 274 Å². The van der Waals surface area contributed by atoms with Crippen molar-refractivity contribution in [1.29, 1.82) is 0 Å². The number of ether oxygens (including phenoxy) is 4. The molecule has 8 nitrogen and oxygen atoms in total. The van der Waals surface area contributed by atoms with Crippen molar-refractivity contribution in [3.05, 3.63) is 29.3 Å². The molecular formula is C37H64N2O6. The number of benzene rings is 1. The monoisotopic (exact) mass is 632 g/mol. The molecule has 0 aliphatic carbocycles. The van der Waals surface area contributed by atoms with Crippen molar-refractivity contribution in [2.75, 3.05) is 26.9 Å². The molecule has 0 radical (unpaired) electrons. The van der Waals surface area contributed by atoms with Crippen LogP contribution in [0.4, 0.5) is 4.79 Å². The lowest BCUT2D eigenvalue weighted by Gasteiger charge is -2.37. The van der Waals surface area contributed by atoms with Crippen LogP contribution >= 0.6 is 0 Å². The number of hydrogen-bond donors (Lipinski definition) is 1. The van der Waals surface area contributed by atoms with Crippen LogP contribution in [0.15, 0.2) is 18.2 Å². The average molecular weight is 633 g/mol. The van der Waals surface area contributed by atoms with E-state index in [2.05, 4.69) is 51.2 Å². The third-order valence-electron chi connectivity index (χ3n) is 8.85. The van der Waals surface area contributed by atoms with Gasteiger partial charge in [-0.15, -0.1) is 0 Å². The highest BCUT2D eigenvalue weighted by Crippen LogP contribution is 2.39. The number of rotatable bonds is 17. The first-order valence-corrected chi connectivity index (χ1v) is 17.2. The fourth-order valence-corrected chi connectivity index (χ4v) is 6.08. The van der Waals surface area contributed by atoms with Crippen LogP contribution in [0.2, 0.25) is 0 Å². The maximum Gasteiger partial charge on any atom is 0.412 e. The SMILES string of the molecule is CCCCC(C)(C)C(=O)NC[C@@H]1OC(C)(C)N(C(=O)OC(C)(C)C)[C@H]1CC(Cc1ccc(CC)c(OCCCOC)c1)C(C)C. The van der Waals surface area contributed by atoms with E-state index in [0.29, 0.717) is 32.1 Å². The second-order valence-corrected chi connectivity index (χ2v) is 15.2. The smallest absolute Gasteiger partial charge is 0.412 e. The number of methoxy groups -OCH3 is 1. The number of hydrogen-bond acceptors (Lipinski definition) is 6. The van der Waals surface area contributed by atoms with Gasteiger partial charge in [-0.05, 0) is 89.3 Å². The molecule has 1 N–H and O–H groups in total. The van der Waals surface area contributed by atoms with Crippen LogP contribution in [0, 0.1) is 17.3 Å². The van der Waals surface area contributed by atoms with E-state index in [4.69, 9.17) is 18.9 Å². The minimum atomic E-state index is -0.895. The molecule has 0 bridgehead atoms. The quantitative estimate of drug-likeness (QED) is 0.176. The van der Waals surface area contributed by atoms with Crippen LogP contribution in [0.5, 0.6) is 5.75 Å². The van der Waals surface area contributed by atoms with Gasteiger partial charge in [0.05, 0.1) is 18.8 Å². The number of aryl methyl sites for hydroxylation is 1. The Morgan fingerprint density at radius 3 is 2.33 bits per heavy atom. The van der Waals surface area contributed by atoms with Crippen LogP contribution in [0.3, 0.4) is 0 Å². The molecule has 0 aromatic heterocycles. The fraction of sp³-hybridized carbons (Fsp3) is 0.784. The Balaban J connectivity index is 2.37. The summed E-state index contributed by atoms with van der Waals surface area (Å²) in [6.45, 7) is 23.8. The topological polar surface area (TPSA) is 86.3 Å². The molecule has 8 heteroatoms. The molecular weight excluding hydrogens is 568 g/mol. The first kappa shape index (κ1) is 38.9. The lowest BCUT2D eigenvalue weighted by atomic mass is 9.82. The van der Waals surface area contributed by atoms with Gasteiger partial charge >= 0.3 is 6.09 Å². The highest BCUT2D eigenvalue weighted by atomic mass is 16.6. The zero-order chi connectivity index (χ0) is 34.0. The summed E-state index contributed by atoms with van der Waals surface area (Å²) >= 11 is 0. The van der Waals surface area contributed by atoms with Gasteiger partial charge in [0.15, 0.2) is 0 Å².